The van der Waals surface area contributed by atoms with E-state index in [0.29, 0.717) is 5.92 Å². The van der Waals surface area contributed by atoms with E-state index in [4.69, 9.17) is 0 Å². The second kappa shape index (κ2) is 6.91. The van der Waals surface area contributed by atoms with Crippen LogP contribution < -0.4 is 5.32 Å². The molecule has 2 rings (SSSR count). The van der Waals surface area contributed by atoms with Crippen molar-refractivity contribution in [1.82, 2.24) is 5.32 Å². The second-order valence-corrected chi connectivity index (χ2v) is 6.90. The molecule has 2 saturated carbocycles. The van der Waals surface area contributed by atoms with Crippen molar-refractivity contribution in [2.75, 3.05) is 13.1 Å². The summed E-state index contributed by atoms with van der Waals surface area (Å²) in [7, 11) is 0. The molecule has 0 aromatic carbocycles. The van der Waals surface area contributed by atoms with Gasteiger partial charge in [0.2, 0.25) is 0 Å². The van der Waals surface area contributed by atoms with Crippen molar-refractivity contribution in [3.63, 3.8) is 0 Å². The Morgan fingerprint density at radius 3 is 2.61 bits per heavy atom. The summed E-state index contributed by atoms with van der Waals surface area (Å²) in [6, 6.07) is 0. The van der Waals surface area contributed by atoms with E-state index in [0.717, 1.165) is 31.8 Å². The van der Waals surface area contributed by atoms with Gasteiger partial charge in [-0.2, -0.15) is 0 Å². The van der Waals surface area contributed by atoms with E-state index in [2.05, 4.69) is 12.2 Å². The van der Waals surface area contributed by atoms with Gasteiger partial charge in [-0.15, -0.1) is 0 Å². The lowest BCUT2D eigenvalue weighted by atomic mass is 9.79. The smallest absolute Gasteiger partial charge is 0.0774 e. The fraction of sp³-hybridized carbons (Fsp3) is 1.00. The van der Waals surface area contributed by atoms with Gasteiger partial charge in [-0.05, 0) is 37.6 Å². The maximum absolute atomic E-state index is 10.5. The fourth-order valence-electron chi connectivity index (χ4n) is 3.90. The molecule has 0 bridgehead atoms. The summed E-state index contributed by atoms with van der Waals surface area (Å²) in [6.45, 7) is 4.18. The van der Waals surface area contributed by atoms with E-state index in [1.165, 1.54) is 51.4 Å². The minimum absolute atomic E-state index is 0.412. The maximum Gasteiger partial charge on any atom is 0.0774 e. The maximum atomic E-state index is 10.5. The summed E-state index contributed by atoms with van der Waals surface area (Å²) in [5.74, 6) is 1.65. The highest BCUT2D eigenvalue weighted by atomic mass is 16.3. The first kappa shape index (κ1) is 14.3. The Morgan fingerprint density at radius 2 is 1.89 bits per heavy atom. The Kier molecular flexibility index (Phi) is 5.50. The summed E-state index contributed by atoms with van der Waals surface area (Å²) in [4.78, 5) is 0. The molecule has 0 aromatic heterocycles. The largest absolute Gasteiger partial charge is 0.389 e. The van der Waals surface area contributed by atoms with Crippen molar-refractivity contribution in [3.8, 4) is 0 Å². The average molecular weight is 253 g/mol. The lowest BCUT2D eigenvalue weighted by molar-refractivity contribution is -0.0118. The van der Waals surface area contributed by atoms with Crippen LogP contribution in [0.5, 0.6) is 0 Å². The van der Waals surface area contributed by atoms with Gasteiger partial charge in [0, 0.05) is 6.54 Å². The van der Waals surface area contributed by atoms with Crippen LogP contribution in [0.2, 0.25) is 0 Å². The van der Waals surface area contributed by atoms with Crippen molar-refractivity contribution in [1.29, 1.82) is 0 Å². The number of hydrogen-bond donors (Lipinski definition) is 2. The minimum Gasteiger partial charge on any atom is -0.389 e. The van der Waals surface area contributed by atoms with Gasteiger partial charge in [0.05, 0.1) is 5.60 Å². The van der Waals surface area contributed by atoms with Gasteiger partial charge >= 0.3 is 0 Å². The zero-order valence-corrected chi connectivity index (χ0v) is 12.1. The molecule has 2 heteroatoms. The van der Waals surface area contributed by atoms with Gasteiger partial charge in [0.15, 0.2) is 0 Å². The number of nitrogens with one attached hydrogen (secondary N) is 1. The highest BCUT2D eigenvalue weighted by Crippen LogP contribution is 2.31. The standard InChI is InChI=1S/C16H31NO/c1-14-6-5-10-16(18,12-14)13-17-11-9-15-7-3-2-4-8-15/h14-15,17-18H,2-13H2,1H3. The summed E-state index contributed by atoms with van der Waals surface area (Å²) >= 11 is 0. The van der Waals surface area contributed by atoms with Crippen LogP contribution in [-0.2, 0) is 0 Å². The van der Waals surface area contributed by atoms with Crippen molar-refractivity contribution >= 4 is 0 Å². The van der Waals surface area contributed by atoms with E-state index in [9.17, 15) is 5.11 Å². The van der Waals surface area contributed by atoms with Gasteiger partial charge < -0.3 is 10.4 Å². The molecule has 106 valence electrons. The molecule has 2 atom stereocenters. The van der Waals surface area contributed by atoms with Gasteiger partial charge in [-0.3, -0.25) is 0 Å². The molecule has 0 spiro atoms. The van der Waals surface area contributed by atoms with Gasteiger partial charge in [-0.1, -0.05) is 51.9 Å². The third kappa shape index (κ3) is 4.55. The van der Waals surface area contributed by atoms with Crippen molar-refractivity contribution in [3.05, 3.63) is 0 Å². The lowest BCUT2D eigenvalue weighted by Gasteiger charge is -2.36. The molecule has 2 nitrogen and oxygen atoms in total. The fourth-order valence-corrected chi connectivity index (χ4v) is 3.90. The van der Waals surface area contributed by atoms with Crippen molar-refractivity contribution in [2.24, 2.45) is 11.8 Å². The molecule has 0 amide bonds. The first-order chi connectivity index (χ1) is 8.68. The van der Waals surface area contributed by atoms with Crippen LogP contribution in [0.1, 0.15) is 71.1 Å². The molecular weight excluding hydrogens is 222 g/mol. The number of aliphatic hydroxyl groups is 1. The van der Waals surface area contributed by atoms with Crippen LogP contribution in [0.4, 0.5) is 0 Å². The van der Waals surface area contributed by atoms with Gasteiger partial charge in [0.1, 0.15) is 0 Å². The monoisotopic (exact) mass is 253 g/mol. The Bertz CT molecular complexity index is 237. The van der Waals surface area contributed by atoms with E-state index in [1.807, 2.05) is 0 Å². The normalized spacial score (nSPS) is 34.7. The molecular formula is C16H31NO. The lowest BCUT2D eigenvalue weighted by Crippen LogP contribution is -2.44. The van der Waals surface area contributed by atoms with Crippen molar-refractivity contribution in [2.45, 2.75) is 76.7 Å². The Morgan fingerprint density at radius 1 is 1.11 bits per heavy atom. The van der Waals surface area contributed by atoms with Crippen LogP contribution in [0, 0.1) is 11.8 Å². The topological polar surface area (TPSA) is 32.3 Å². The van der Waals surface area contributed by atoms with Crippen LogP contribution in [0.3, 0.4) is 0 Å². The van der Waals surface area contributed by atoms with E-state index < -0.39 is 5.60 Å². The summed E-state index contributed by atoms with van der Waals surface area (Å²) in [5.41, 5.74) is -0.412. The Labute approximate surface area is 113 Å². The highest BCUT2D eigenvalue weighted by molar-refractivity contribution is 4.87. The van der Waals surface area contributed by atoms with Crippen LogP contribution in [0.25, 0.3) is 0 Å². The Hall–Kier alpha value is -0.0800. The molecule has 2 unspecified atom stereocenters. The SMILES string of the molecule is CC1CCCC(O)(CNCCC2CCCCC2)C1. The molecule has 0 aliphatic heterocycles. The van der Waals surface area contributed by atoms with E-state index >= 15 is 0 Å². The van der Waals surface area contributed by atoms with Crippen LogP contribution in [0.15, 0.2) is 0 Å². The van der Waals surface area contributed by atoms with E-state index in [-0.39, 0.29) is 0 Å². The number of rotatable bonds is 5. The molecule has 18 heavy (non-hydrogen) atoms. The zero-order valence-electron chi connectivity index (χ0n) is 12.1. The Balaban J connectivity index is 1.59. The number of hydrogen-bond acceptors (Lipinski definition) is 2. The average Bonchev–Trinajstić information content (AvgIpc) is 2.36. The molecule has 2 aliphatic rings. The minimum atomic E-state index is -0.412. The molecule has 0 saturated heterocycles. The first-order valence-corrected chi connectivity index (χ1v) is 8.11. The molecule has 2 aliphatic carbocycles. The third-order valence-corrected chi connectivity index (χ3v) is 4.98. The van der Waals surface area contributed by atoms with Gasteiger partial charge in [0.25, 0.3) is 0 Å². The molecule has 0 radical (unpaired) electrons. The summed E-state index contributed by atoms with van der Waals surface area (Å²) < 4.78 is 0. The second-order valence-electron chi connectivity index (χ2n) is 6.90. The molecule has 0 aromatic rings. The van der Waals surface area contributed by atoms with Crippen LogP contribution in [-0.4, -0.2) is 23.8 Å². The van der Waals surface area contributed by atoms with E-state index in [1.54, 1.807) is 0 Å². The quantitative estimate of drug-likeness (QED) is 0.735. The third-order valence-electron chi connectivity index (χ3n) is 4.98. The van der Waals surface area contributed by atoms with Gasteiger partial charge in [-0.25, -0.2) is 0 Å². The molecule has 0 heterocycles. The molecule has 2 N–H and O–H groups in total. The predicted octanol–water partition coefficient (Wildman–Crippen LogP) is 3.49. The van der Waals surface area contributed by atoms with Crippen molar-refractivity contribution < 1.29 is 5.11 Å². The predicted molar refractivity (Wildman–Crippen MR) is 76.6 cm³/mol. The van der Waals surface area contributed by atoms with Crippen LogP contribution >= 0.6 is 0 Å². The summed E-state index contributed by atoms with van der Waals surface area (Å²) in [5, 5.41) is 14.0. The first-order valence-electron chi connectivity index (χ1n) is 8.11. The highest BCUT2D eigenvalue weighted by Gasteiger charge is 2.31. The zero-order chi connectivity index (χ0) is 12.8. The summed E-state index contributed by atoms with van der Waals surface area (Å²) in [6.07, 6.45) is 13.0. The molecule has 2 fully saturated rings.